The van der Waals surface area contributed by atoms with Crippen LogP contribution in [0.25, 0.3) is 0 Å². The van der Waals surface area contributed by atoms with Crippen molar-refractivity contribution in [1.82, 2.24) is 0 Å². The molecule has 1 saturated heterocycles. The van der Waals surface area contributed by atoms with E-state index in [1.807, 2.05) is 19.1 Å². The fourth-order valence-electron chi connectivity index (χ4n) is 2.60. The van der Waals surface area contributed by atoms with Gasteiger partial charge in [-0.2, -0.15) is 0 Å². The Hall–Kier alpha value is -1.05. The maximum Gasteiger partial charge on any atom is 0.309 e. The van der Waals surface area contributed by atoms with Gasteiger partial charge in [0, 0.05) is 0 Å². The van der Waals surface area contributed by atoms with Crippen molar-refractivity contribution in [2.75, 3.05) is 0 Å². The number of hydrogen-bond acceptors (Lipinski definition) is 2. The first-order valence-electron chi connectivity index (χ1n) is 5.92. The predicted molar refractivity (Wildman–Crippen MR) is 60.1 cm³/mol. The van der Waals surface area contributed by atoms with Crippen LogP contribution in [0.1, 0.15) is 39.0 Å². The van der Waals surface area contributed by atoms with Crippen LogP contribution >= 0.6 is 0 Å². The van der Waals surface area contributed by atoms with Gasteiger partial charge in [0.15, 0.2) is 0 Å². The topological polar surface area (TPSA) is 49.8 Å². The largest absolute Gasteiger partial charge is 0.481 e. The molecule has 3 unspecified atom stereocenters. The third-order valence-electron chi connectivity index (χ3n) is 3.69. The lowest BCUT2D eigenvalue weighted by Gasteiger charge is -2.30. The Labute approximate surface area is 95.8 Å². The molecule has 0 amide bonds. The molecule has 0 aromatic carbocycles. The molecular formula is C13H18O3. The highest BCUT2D eigenvalue weighted by atomic mass is 16.6. The number of epoxide rings is 1. The number of carboxylic acid groups (broad SMARTS) is 1. The van der Waals surface area contributed by atoms with Crippen LogP contribution in [0.2, 0.25) is 0 Å². The van der Waals surface area contributed by atoms with Crippen molar-refractivity contribution in [3.8, 4) is 0 Å². The SMILES string of the molecule is CC=C=CCCC1(C(=O)O)CCC2OC2C1. The van der Waals surface area contributed by atoms with Gasteiger partial charge in [-0.25, -0.2) is 0 Å². The molecule has 16 heavy (non-hydrogen) atoms. The van der Waals surface area contributed by atoms with Crippen LogP contribution in [0.4, 0.5) is 0 Å². The van der Waals surface area contributed by atoms with Crippen LogP contribution < -0.4 is 0 Å². The van der Waals surface area contributed by atoms with Gasteiger partial charge in [0.1, 0.15) is 0 Å². The summed E-state index contributed by atoms with van der Waals surface area (Å²) in [4.78, 5) is 11.4. The summed E-state index contributed by atoms with van der Waals surface area (Å²) in [5.74, 6) is -0.657. The number of carbonyl (C=O) groups is 1. The minimum atomic E-state index is -0.657. The Morgan fingerprint density at radius 1 is 1.62 bits per heavy atom. The van der Waals surface area contributed by atoms with E-state index in [4.69, 9.17) is 4.74 Å². The first-order chi connectivity index (χ1) is 7.68. The third-order valence-corrected chi connectivity index (χ3v) is 3.69. The highest BCUT2D eigenvalue weighted by Gasteiger charge is 2.53. The smallest absolute Gasteiger partial charge is 0.309 e. The highest BCUT2D eigenvalue weighted by molar-refractivity contribution is 5.75. The zero-order valence-corrected chi connectivity index (χ0v) is 9.61. The molecule has 3 atom stereocenters. The van der Waals surface area contributed by atoms with Crippen molar-refractivity contribution >= 4 is 5.97 Å². The molecule has 0 bridgehead atoms. The average molecular weight is 222 g/mol. The zero-order valence-electron chi connectivity index (χ0n) is 9.61. The Balaban J connectivity index is 1.98. The lowest BCUT2D eigenvalue weighted by molar-refractivity contribution is -0.151. The van der Waals surface area contributed by atoms with Crippen molar-refractivity contribution < 1.29 is 14.6 Å². The molecule has 88 valence electrons. The Kier molecular flexibility index (Phi) is 3.17. The predicted octanol–water partition coefficient (Wildman–Crippen LogP) is 2.52. The molecule has 1 N–H and O–H groups in total. The second-order valence-corrected chi connectivity index (χ2v) is 4.74. The second-order valence-electron chi connectivity index (χ2n) is 4.74. The van der Waals surface area contributed by atoms with Crippen LogP contribution in [0.3, 0.4) is 0 Å². The minimum absolute atomic E-state index is 0.218. The van der Waals surface area contributed by atoms with Crippen LogP contribution in [-0.2, 0) is 9.53 Å². The number of hydrogen-bond donors (Lipinski definition) is 1. The summed E-state index contributed by atoms with van der Waals surface area (Å²) in [6, 6.07) is 0. The molecule has 3 heteroatoms. The fourth-order valence-corrected chi connectivity index (χ4v) is 2.60. The number of rotatable bonds is 4. The first kappa shape index (κ1) is 11.4. The third kappa shape index (κ3) is 2.21. The number of carboxylic acids is 1. The van der Waals surface area contributed by atoms with Crippen LogP contribution in [0.15, 0.2) is 17.9 Å². The van der Waals surface area contributed by atoms with Crippen molar-refractivity contribution in [1.29, 1.82) is 0 Å². The molecule has 1 heterocycles. The number of ether oxygens (including phenoxy) is 1. The normalized spacial score (nSPS) is 35.8. The van der Waals surface area contributed by atoms with E-state index in [-0.39, 0.29) is 6.10 Å². The van der Waals surface area contributed by atoms with E-state index in [2.05, 4.69) is 5.73 Å². The summed E-state index contributed by atoms with van der Waals surface area (Å²) in [5.41, 5.74) is 2.44. The molecule has 0 aromatic heterocycles. The van der Waals surface area contributed by atoms with Crippen LogP contribution in [0.5, 0.6) is 0 Å². The maximum absolute atomic E-state index is 11.4. The van der Waals surface area contributed by atoms with E-state index in [0.29, 0.717) is 18.9 Å². The van der Waals surface area contributed by atoms with E-state index >= 15 is 0 Å². The van der Waals surface area contributed by atoms with Gasteiger partial charge in [-0.1, -0.05) is 0 Å². The van der Waals surface area contributed by atoms with Gasteiger partial charge in [0.25, 0.3) is 0 Å². The number of allylic oxidation sites excluding steroid dienone is 1. The van der Waals surface area contributed by atoms with Gasteiger partial charge in [0.05, 0.1) is 17.6 Å². The quantitative estimate of drug-likeness (QED) is 0.587. The van der Waals surface area contributed by atoms with Crippen LogP contribution in [0, 0.1) is 5.41 Å². The Morgan fingerprint density at radius 3 is 3.06 bits per heavy atom. The van der Waals surface area contributed by atoms with Gasteiger partial charge >= 0.3 is 5.97 Å². The minimum Gasteiger partial charge on any atom is -0.481 e. The summed E-state index contributed by atoms with van der Waals surface area (Å²) >= 11 is 0. The Bertz CT molecular complexity index is 341. The zero-order chi connectivity index (χ0) is 11.6. The lowest BCUT2D eigenvalue weighted by Crippen LogP contribution is -2.35. The summed E-state index contributed by atoms with van der Waals surface area (Å²) in [6.45, 7) is 1.91. The van der Waals surface area contributed by atoms with Gasteiger partial charge in [-0.05, 0) is 51.2 Å². The van der Waals surface area contributed by atoms with Gasteiger partial charge in [-0.3, -0.25) is 4.79 Å². The van der Waals surface area contributed by atoms with Crippen LogP contribution in [-0.4, -0.2) is 23.3 Å². The van der Waals surface area contributed by atoms with E-state index in [0.717, 1.165) is 19.3 Å². The molecule has 2 rings (SSSR count). The van der Waals surface area contributed by atoms with Gasteiger partial charge in [-0.15, -0.1) is 5.73 Å². The summed E-state index contributed by atoms with van der Waals surface area (Å²) in [6.07, 6.45) is 8.19. The molecule has 0 radical (unpaired) electrons. The van der Waals surface area contributed by atoms with E-state index in [1.165, 1.54) is 0 Å². The number of fused-ring (bicyclic) bond motifs is 1. The van der Waals surface area contributed by atoms with E-state index < -0.39 is 11.4 Å². The molecule has 2 aliphatic rings. The van der Waals surface area contributed by atoms with Crippen molar-refractivity contribution in [3.63, 3.8) is 0 Å². The lowest BCUT2D eigenvalue weighted by atomic mass is 9.71. The summed E-state index contributed by atoms with van der Waals surface area (Å²) in [7, 11) is 0. The molecule has 1 aliphatic carbocycles. The van der Waals surface area contributed by atoms with E-state index in [9.17, 15) is 9.90 Å². The molecule has 1 aliphatic heterocycles. The Morgan fingerprint density at radius 2 is 2.44 bits per heavy atom. The van der Waals surface area contributed by atoms with E-state index in [1.54, 1.807) is 0 Å². The van der Waals surface area contributed by atoms with Gasteiger partial charge < -0.3 is 9.84 Å². The molecule has 2 fully saturated rings. The molecule has 0 spiro atoms. The standard InChI is InChI=1S/C13H18O3/c1-2-3-4-5-7-13(12(14)15)8-6-10-11(9-13)16-10/h2,4,10-11H,5-9H2,1H3,(H,14,15). The van der Waals surface area contributed by atoms with Gasteiger partial charge in [0.2, 0.25) is 0 Å². The molecule has 1 saturated carbocycles. The van der Waals surface area contributed by atoms with Crippen molar-refractivity contribution in [2.45, 2.75) is 51.2 Å². The molecule has 3 nitrogen and oxygen atoms in total. The van der Waals surface area contributed by atoms with Crippen molar-refractivity contribution in [3.05, 3.63) is 17.9 Å². The fraction of sp³-hybridized carbons (Fsp3) is 0.692. The molecule has 0 aromatic rings. The summed E-state index contributed by atoms with van der Waals surface area (Å²) < 4.78 is 5.42. The average Bonchev–Trinajstić information content (AvgIpc) is 3.02. The second kappa shape index (κ2) is 4.44. The first-order valence-corrected chi connectivity index (χ1v) is 5.92. The highest BCUT2D eigenvalue weighted by Crippen LogP contribution is 2.48. The number of aliphatic carboxylic acids is 1. The monoisotopic (exact) mass is 222 g/mol. The maximum atomic E-state index is 11.4. The molecular weight excluding hydrogens is 204 g/mol. The summed E-state index contributed by atoms with van der Waals surface area (Å²) in [5, 5.41) is 9.38. The van der Waals surface area contributed by atoms with Crippen molar-refractivity contribution in [2.24, 2.45) is 5.41 Å².